The van der Waals surface area contributed by atoms with Gasteiger partial charge in [-0.15, -0.1) is 11.3 Å². The molecule has 0 aliphatic carbocycles. The molecule has 2 N–H and O–H groups in total. The van der Waals surface area contributed by atoms with Crippen LogP contribution < -0.4 is 15.4 Å². The summed E-state index contributed by atoms with van der Waals surface area (Å²) in [5, 5.41) is 7.05. The zero-order chi connectivity index (χ0) is 20.1. The van der Waals surface area contributed by atoms with Crippen LogP contribution in [0.5, 0.6) is 11.5 Å². The number of thiophene rings is 1. The van der Waals surface area contributed by atoms with E-state index in [2.05, 4.69) is 15.6 Å². The first-order chi connectivity index (χ1) is 14.2. The van der Waals surface area contributed by atoms with Crippen LogP contribution >= 0.6 is 11.3 Å². The van der Waals surface area contributed by atoms with Crippen LogP contribution in [0.2, 0.25) is 0 Å². The highest BCUT2D eigenvalue weighted by atomic mass is 32.1. The van der Waals surface area contributed by atoms with Crippen molar-refractivity contribution in [3.05, 3.63) is 88.9 Å². The number of para-hydroxylation sites is 3. The summed E-state index contributed by atoms with van der Waals surface area (Å²) in [4.78, 5) is 29.1. The summed E-state index contributed by atoms with van der Waals surface area (Å²) in [5.41, 5.74) is 0.509. The number of amides is 2. The highest BCUT2D eigenvalue weighted by Gasteiger charge is 2.17. The van der Waals surface area contributed by atoms with Crippen molar-refractivity contribution in [2.24, 2.45) is 0 Å². The van der Waals surface area contributed by atoms with Crippen LogP contribution in [-0.2, 0) is 0 Å². The number of nitrogens with zero attached hydrogens (tertiary/aromatic N) is 1. The summed E-state index contributed by atoms with van der Waals surface area (Å²) in [7, 11) is 0. The third kappa shape index (κ3) is 4.50. The van der Waals surface area contributed by atoms with Crippen LogP contribution in [-0.4, -0.2) is 16.8 Å². The summed E-state index contributed by atoms with van der Waals surface area (Å²) in [6.07, 6.45) is 1.18. The SMILES string of the molecule is O=C(Nc1ccccc1Oc1ccccc1)c1coc(NC(=O)c2cccs2)n1. The summed E-state index contributed by atoms with van der Waals surface area (Å²) >= 11 is 1.29. The number of oxazole rings is 1. The molecule has 0 radical (unpaired) electrons. The molecular formula is C21H15N3O4S. The van der Waals surface area contributed by atoms with E-state index in [1.165, 1.54) is 17.6 Å². The Hall–Kier alpha value is -3.91. The summed E-state index contributed by atoms with van der Waals surface area (Å²) in [6.45, 7) is 0. The van der Waals surface area contributed by atoms with Gasteiger partial charge in [-0.2, -0.15) is 4.98 Å². The predicted molar refractivity (Wildman–Crippen MR) is 110 cm³/mol. The fourth-order valence-electron chi connectivity index (χ4n) is 2.46. The Morgan fingerprint density at radius 1 is 0.897 bits per heavy atom. The minimum absolute atomic E-state index is 0.0287. The number of nitrogens with one attached hydrogen (secondary N) is 2. The van der Waals surface area contributed by atoms with Gasteiger partial charge in [-0.1, -0.05) is 36.4 Å². The Kier molecular flexibility index (Phi) is 5.35. The van der Waals surface area contributed by atoms with Crippen molar-refractivity contribution in [1.29, 1.82) is 0 Å². The van der Waals surface area contributed by atoms with Crippen LogP contribution in [0.15, 0.2) is 82.8 Å². The van der Waals surface area contributed by atoms with Crippen LogP contribution in [0.4, 0.5) is 11.7 Å². The predicted octanol–water partition coefficient (Wildman–Crippen LogP) is 5.03. The third-order valence-corrected chi connectivity index (χ3v) is 4.68. The second-order valence-electron chi connectivity index (χ2n) is 5.83. The molecule has 0 saturated carbocycles. The van der Waals surface area contributed by atoms with Gasteiger partial charge in [-0.25, -0.2) is 0 Å². The Balaban J connectivity index is 1.45. The summed E-state index contributed by atoms with van der Waals surface area (Å²) in [5.74, 6) is 0.292. The van der Waals surface area contributed by atoms with Gasteiger partial charge in [0.2, 0.25) is 0 Å². The number of carbonyl (C=O) groups is 2. The van der Waals surface area contributed by atoms with Gasteiger partial charge in [-0.05, 0) is 35.7 Å². The molecule has 2 heterocycles. The fourth-order valence-corrected chi connectivity index (χ4v) is 3.08. The smallest absolute Gasteiger partial charge is 0.302 e. The molecule has 0 fully saturated rings. The van der Waals surface area contributed by atoms with Gasteiger partial charge >= 0.3 is 6.01 Å². The van der Waals surface area contributed by atoms with E-state index in [1.807, 2.05) is 36.4 Å². The lowest BCUT2D eigenvalue weighted by molar-refractivity contribution is 0.101. The second-order valence-corrected chi connectivity index (χ2v) is 6.78. The molecule has 4 aromatic rings. The zero-order valence-electron chi connectivity index (χ0n) is 15.0. The van der Waals surface area contributed by atoms with Gasteiger partial charge in [0.1, 0.15) is 12.0 Å². The van der Waals surface area contributed by atoms with Crippen molar-refractivity contribution in [1.82, 2.24) is 4.98 Å². The Morgan fingerprint density at radius 3 is 2.48 bits per heavy atom. The maximum atomic E-state index is 12.5. The number of benzene rings is 2. The van der Waals surface area contributed by atoms with Gasteiger partial charge in [0.25, 0.3) is 11.8 Å². The standard InChI is InChI=1S/C21H15N3O4S/c25-19(16-13-27-21(23-16)24-20(26)18-11-6-12-29-18)22-15-9-4-5-10-17(15)28-14-7-2-1-3-8-14/h1-13H,(H,22,25)(H,23,24,26). The van der Waals surface area contributed by atoms with Crippen molar-refractivity contribution in [2.45, 2.75) is 0 Å². The first-order valence-corrected chi connectivity index (χ1v) is 9.51. The third-order valence-electron chi connectivity index (χ3n) is 3.81. The molecule has 0 unspecified atom stereocenters. The molecule has 4 rings (SSSR count). The molecule has 0 aliphatic rings. The number of anilines is 2. The van der Waals surface area contributed by atoms with Crippen LogP contribution in [0.3, 0.4) is 0 Å². The van der Waals surface area contributed by atoms with Gasteiger partial charge in [0.15, 0.2) is 11.4 Å². The van der Waals surface area contributed by atoms with Crippen molar-refractivity contribution in [2.75, 3.05) is 10.6 Å². The molecule has 7 nitrogen and oxygen atoms in total. The molecule has 144 valence electrons. The van der Waals surface area contributed by atoms with E-state index < -0.39 is 5.91 Å². The van der Waals surface area contributed by atoms with E-state index in [1.54, 1.807) is 35.7 Å². The monoisotopic (exact) mass is 405 g/mol. The zero-order valence-corrected chi connectivity index (χ0v) is 15.8. The van der Waals surface area contributed by atoms with E-state index >= 15 is 0 Å². The van der Waals surface area contributed by atoms with Crippen molar-refractivity contribution >= 4 is 34.9 Å². The lowest BCUT2D eigenvalue weighted by Gasteiger charge is -2.11. The van der Waals surface area contributed by atoms with Crippen molar-refractivity contribution in [3.63, 3.8) is 0 Å². The fraction of sp³-hybridized carbons (Fsp3) is 0. The van der Waals surface area contributed by atoms with Gasteiger partial charge in [-0.3, -0.25) is 14.9 Å². The van der Waals surface area contributed by atoms with E-state index in [4.69, 9.17) is 9.15 Å². The highest BCUT2D eigenvalue weighted by molar-refractivity contribution is 7.12. The lowest BCUT2D eigenvalue weighted by Crippen LogP contribution is -2.14. The average Bonchev–Trinajstić information content (AvgIpc) is 3.42. The molecule has 0 bridgehead atoms. The molecule has 0 atom stereocenters. The maximum Gasteiger partial charge on any atom is 0.302 e. The quantitative estimate of drug-likeness (QED) is 0.469. The molecule has 0 aliphatic heterocycles. The molecular weight excluding hydrogens is 390 g/mol. The van der Waals surface area contributed by atoms with E-state index in [9.17, 15) is 9.59 Å². The summed E-state index contributed by atoms with van der Waals surface area (Å²) < 4.78 is 11.0. The molecule has 2 aromatic heterocycles. The first kappa shape index (κ1) is 18.5. The summed E-state index contributed by atoms with van der Waals surface area (Å²) in [6, 6.07) is 19.7. The first-order valence-electron chi connectivity index (χ1n) is 8.63. The van der Waals surface area contributed by atoms with Crippen LogP contribution in [0, 0.1) is 0 Å². The molecule has 0 spiro atoms. The number of hydrogen-bond donors (Lipinski definition) is 2. The number of rotatable bonds is 6. The second kappa shape index (κ2) is 8.41. The van der Waals surface area contributed by atoms with Crippen LogP contribution in [0.25, 0.3) is 0 Å². The highest BCUT2D eigenvalue weighted by Crippen LogP contribution is 2.29. The average molecular weight is 405 g/mol. The van der Waals surface area contributed by atoms with Crippen molar-refractivity contribution in [3.8, 4) is 11.5 Å². The number of aromatic nitrogens is 1. The Bertz CT molecular complexity index is 1120. The number of ether oxygens (including phenoxy) is 1. The van der Waals surface area contributed by atoms with E-state index in [0.717, 1.165) is 0 Å². The Morgan fingerprint density at radius 2 is 1.69 bits per heavy atom. The van der Waals surface area contributed by atoms with Crippen molar-refractivity contribution < 1.29 is 18.7 Å². The normalized spacial score (nSPS) is 10.3. The minimum atomic E-state index is -0.491. The molecule has 2 amide bonds. The van der Waals surface area contributed by atoms with Gasteiger partial charge in [0, 0.05) is 0 Å². The molecule has 29 heavy (non-hydrogen) atoms. The number of hydrogen-bond acceptors (Lipinski definition) is 6. The Labute approximate surface area is 170 Å². The molecule has 2 aromatic carbocycles. The maximum absolute atomic E-state index is 12.5. The van der Waals surface area contributed by atoms with Gasteiger partial charge < -0.3 is 14.5 Å². The minimum Gasteiger partial charge on any atom is -0.455 e. The van der Waals surface area contributed by atoms with Crippen LogP contribution in [0.1, 0.15) is 20.2 Å². The van der Waals surface area contributed by atoms with E-state index in [-0.39, 0.29) is 17.6 Å². The largest absolute Gasteiger partial charge is 0.455 e. The van der Waals surface area contributed by atoms with E-state index in [0.29, 0.717) is 22.1 Å². The molecule has 0 saturated heterocycles. The molecule has 8 heteroatoms. The lowest BCUT2D eigenvalue weighted by atomic mass is 10.2. The topological polar surface area (TPSA) is 93.5 Å². The number of carbonyl (C=O) groups excluding carboxylic acids is 2. The van der Waals surface area contributed by atoms with Gasteiger partial charge in [0.05, 0.1) is 10.6 Å².